The molecular formula is C14H21NO4. The molecule has 1 rings (SSSR count). The van der Waals surface area contributed by atoms with E-state index in [1.807, 2.05) is 32.0 Å². The number of amides is 1. The Bertz CT molecular complexity index is 396. The van der Waals surface area contributed by atoms with Gasteiger partial charge in [0.15, 0.2) is 0 Å². The lowest BCUT2D eigenvalue weighted by Crippen LogP contribution is -2.40. The van der Waals surface area contributed by atoms with E-state index in [1.165, 1.54) is 0 Å². The second-order valence-corrected chi connectivity index (χ2v) is 4.55. The van der Waals surface area contributed by atoms with Gasteiger partial charge in [0.25, 0.3) is 0 Å². The lowest BCUT2D eigenvalue weighted by molar-refractivity contribution is -0.122. The SMILES string of the molecule is Cc1cc(C)cc(OCCC(=O)NC(CO)CO)c1. The van der Waals surface area contributed by atoms with E-state index >= 15 is 0 Å². The van der Waals surface area contributed by atoms with Crippen LogP contribution in [-0.2, 0) is 4.79 Å². The molecule has 1 aromatic rings. The third-order valence-corrected chi connectivity index (χ3v) is 2.60. The number of rotatable bonds is 7. The largest absolute Gasteiger partial charge is 0.493 e. The highest BCUT2D eigenvalue weighted by Crippen LogP contribution is 2.16. The molecule has 1 aromatic carbocycles. The number of aliphatic hydroxyl groups excluding tert-OH is 2. The average Bonchev–Trinajstić information content (AvgIpc) is 2.34. The number of carbonyl (C=O) groups excluding carboxylic acids is 1. The van der Waals surface area contributed by atoms with Crippen LogP contribution in [-0.4, -0.2) is 42.0 Å². The van der Waals surface area contributed by atoms with Crippen molar-refractivity contribution in [1.82, 2.24) is 5.32 Å². The third-order valence-electron chi connectivity index (χ3n) is 2.60. The molecule has 0 aromatic heterocycles. The number of aliphatic hydroxyl groups is 2. The molecule has 0 fully saturated rings. The normalized spacial score (nSPS) is 10.6. The van der Waals surface area contributed by atoms with Gasteiger partial charge in [0.05, 0.1) is 32.3 Å². The molecule has 1 amide bonds. The molecule has 106 valence electrons. The van der Waals surface area contributed by atoms with Crippen molar-refractivity contribution in [2.45, 2.75) is 26.3 Å². The molecule has 3 N–H and O–H groups in total. The third kappa shape index (κ3) is 5.72. The van der Waals surface area contributed by atoms with Crippen LogP contribution in [0.1, 0.15) is 17.5 Å². The number of benzene rings is 1. The zero-order valence-corrected chi connectivity index (χ0v) is 11.3. The van der Waals surface area contributed by atoms with Gasteiger partial charge in [0.2, 0.25) is 5.91 Å². The highest BCUT2D eigenvalue weighted by atomic mass is 16.5. The molecule has 0 aliphatic carbocycles. The first kappa shape index (κ1) is 15.5. The van der Waals surface area contributed by atoms with Crippen LogP contribution in [0.5, 0.6) is 5.75 Å². The van der Waals surface area contributed by atoms with Gasteiger partial charge < -0.3 is 20.3 Å². The van der Waals surface area contributed by atoms with Crippen LogP contribution < -0.4 is 10.1 Å². The molecule has 0 unspecified atom stereocenters. The number of carbonyl (C=O) groups is 1. The fourth-order valence-corrected chi connectivity index (χ4v) is 1.73. The Morgan fingerprint density at radius 2 is 1.79 bits per heavy atom. The van der Waals surface area contributed by atoms with E-state index < -0.39 is 6.04 Å². The minimum absolute atomic E-state index is 0.184. The summed E-state index contributed by atoms with van der Waals surface area (Å²) < 4.78 is 5.50. The molecule has 19 heavy (non-hydrogen) atoms. The molecule has 0 aliphatic rings. The van der Waals surface area contributed by atoms with E-state index in [-0.39, 0.29) is 32.1 Å². The van der Waals surface area contributed by atoms with E-state index in [2.05, 4.69) is 5.32 Å². The van der Waals surface area contributed by atoms with Crippen LogP contribution in [0, 0.1) is 13.8 Å². The van der Waals surface area contributed by atoms with Crippen LogP contribution in [0.15, 0.2) is 18.2 Å². The quantitative estimate of drug-likeness (QED) is 0.674. The summed E-state index contributed by atoms with van der Waals surface area (Å²) in [6, 6.07) is 5.27. The van der Waals surface area contributed by atoms with Gasteiger partial charge in [0, 0.05) is 0 Å². The molecule has 0 heterocycles. The number of nitrogens with one attached hydrogen (secondary N) is 1. The van der Waals surface area contributed by atoms with Gasteiger partial charge in [-0.05, 0) is 37.1 Å². The van der Waals surface area contributed by atoms with Crippen molar-refractivity contribution in [2.75, 3.05) is 19.8 Å². The molecular weight excluding hydrogens is 246 g/mol. The fraction of sp³-hybridized carbons (Fsp3) is 0.500. The van der Waals surface area contributed by atoms with Crippen molar-refractivity contribution in [3.63, 3.8) is 0 Å². The summed E-state index contributed by atoms with van der Waals surface area (Å²) in [4.78, 5) is 11.5. The Morgan fingerprint density at radius 1 is 1.21 bits per heavy atom. The zero-order valence-electron chi connectivity index (χ0n) is 11.3. The maximum absolute atomic E-state index is 11.5. The van der Waals surface area contributed by atoms with Crippen molar-refractivity contribution >= 4 is 5.91 Å². The Balaban J connectivity index is 2.35. The predicted octanol–water partition coefficient (Wildman–Crippen LogP) is 0.542. The van der Waals surface area contributed by atoms with E-state index in [1.54, 1.807) is 0 Å². The van der Waals surface area contributed by atoms with E-state index in [4.69, 9.17) is 14.9 Å². The summed E-state index contributed by atoms with van der Waals surface area (Å²) in [5.41, 5.74) is 2.22. The van der Waals surface area contributed by atoms with Gasteiger partial charge in [-0.2, -0.15) is 0 Å². The first-order valence-electron chi connectivity index (χ1n) is 6.27. The van der Waals surface area contributed by atoms with Gasteiger partial charge in [0.1, 0.15) is 5.75 Å². The van der Waals surface area contributed by atoms with Gasteiger partial charge in [-0.3, -0.25) is 4.79 Å². The molecule has 0 spiro atoms. The molecule has 0 atom stereocenters. The summed E-state index contributed by atoms with van der Waals surface area (Å²) in [7, 11) is 0. The lowest BCUT2D eigenvalue weighted by atomic mass is 10.1. The Kier molecular flexibility index (Phi) is 6.32. The Labute approximate surface area is 113 Å². The van der Waals surface area contributed by atoms with Gasteiger partial charge >= 0.3 is 0 Å². The van der Waals surface area contributed by atoms with E-state index in [9.17, 15) is 4.79 Å². The van der Waals surface area contributed by atoms with Crippen LogP contribution in [0.2, 0.25) is 0 Å². The Hall–Kier alpha value is -1.59. The molecule has 5 heteroatoms. The van der Waals surface area contributed by atoms with Crippen molar-refractivity contribution in [1.29, 1.82) is 0 Å². The van der Waals surface area contributed by atoms with E-state index in [0.29, 0.717) is 0 Å². The Morgan fingerprint density at radius 3 is 2.32 bits per heavy atom. The average molecular weight is 267 g/mol. The second-order valence-electron chi connectivity index (χ2n) is 4.55. The topological polar surface area (TPSA) is 78.8 Å². The van der Waals surface area contributed by atoms with Gasteiger partial charge in [-0.1, -0.05) is 6.07 Å². The fourth-order valence-electron chi connectivity index (χ4n) is 1.73. The highest BCUT2D eigenvalue weighted by molar-refractivity contribution is 5.76. The predicted molar refractivity (Wildman–Crippen MR) is 72.1 cm³/mol. The first-order chi connectivity index (χ1) is 9.05. The van der Waals surface area contributed by atoms with Crippen LogP contribution >= 0.6 is 0 Å². The molecule has 0 aliphatic heterocycles. The van der Waals surface area contributed by atoms with Crippen LogP contribution in [0.25, 0.3) is 0 Å². The smallest absolute Gasteiger partial charge is 0.223 e. The number of hydrogen-bond donors (Lipinski definition) is 3. The number of hydrogen-bond acceptors (Lipinski definition) is 4. The number of ether oxygens (including phenoxy) is 1. The monoisotopic (exact) mass is 267 g/mol. The summed E-state index contributed by atoms with van der Waals surface area (Å²) in [5, 5.41) is 20.2. The molecule has 0 radical (unpaired) electrons. The van der Waals surface area contributed by atoms with Crippen LogP contribution in [0.3, 0.4) is 0 Å². The number of aryl methyl sites for hydroxylation is 2. The van der Waals surface area contributed by atoms with Gasteiger partial charge in [-0.15, -0.1) is 0 Å². The molecule has 0 saturated heterocycles. The zero-order chi connectivity index (χ0) is 14.3. The van der Waals surface area contributed by atoms with Crippen molar-refractivity contribution in [2.24, 2.45) is 0 Å². The summed E-state index contributed by atoms with van der Waals surface area (Å²) >= 11 is 0. The summed E-state index contributed by atoms with van der Waals surface area (Å²) in [6.07, 6.45) is 0.184. The first-order valence-corrected chi connectivity index (χ1v) is 6.27. The molecule has 5 nitrogen and oxygen atoms in total. The molecule has 0 bridgehead atoms. The summed E-state index contributed by atoms with van der Waals surface area (Å²) in [6.45, 7) is 3.68. The summed E-state index contributed by atoms with van der Waals surface area (Å²) in [5.74, 6) is 0.489. The molecule has 0 saturated carbocycles. The standard InChI is InChI=1S/C14H21NO4/c1-10-5-11(2)7-13(6-10)19-4-3-14(18)15-12(8-16)9-17/h5-7,12,16-17H,3-4,8-9H2,1-2H3,(H,15,18). The van der Waals surface area contributed by atoms with Crippen LogP contribution in [0.4, 0.5) is 0 Å². The minimum Gasteiger partial charge on any atom is -0.493 e. The minimum atomic E-state index is -0.603. The van der Waals surface area contributed by atoms with E-state index in [0.717, 1.165) is 16.9 Å². The lowest BCUT2D eigenvalue weighted by Gasteiger charge is -2.13. The van der Waals surface area contributed by atoms with Crippen molar-refractivity contribution in [3.8, 4) is 5.75 Å². The maximum atomic E-state index is 11.5. The highest BCUT2D eigenvalue weighted by Gasteiger charge is 2.09. The second kappa shape index (κ2) is 7.76. The van der Waals surface area contributed by atoms with Gasteiger partial charge in [-0.25, -0.2) is 0 Å². The van der Waals surface area contributed by atoms with Crippen molar-refractivity contribution in [3.05, 3.63) is 29.3 Å². The maximum Gasteiger partial charge on any atom is 0.223 e. The van der Waals surface area contributed by atoms with Crippen molar-refractivity contribution < 1.29 is 19.7 Å².